The van der Waals surface area contributed by atoms with Gasteiger partial charge in [0, 0.05) is 17.8 Å². The van der Waals surface area contributed by atoms with Crippen LogP contribution in [0, 0.1) is 28.6 Å². The van der Waals surface area contributed by atoms with Gasteiger partial charge in [-0.05, 0) is 74.9 Å². The molecule has 25 heavy (non-hydrogen) atoms. The van der Waals surface area contributed by atoms with E-state index in [0.717, 1.165) is 38.5 Å². The van der Waals surface area contributed by atoms with Gasteiger partial charge in [0.1, 0.15) is 5.78 Å². The van der Waals surface area contributed by atoms with Gasteiger partial charge >= 0.3 is 0 Å². The predicted octanol–water partition coefficient (Wildman–Crippen LogP) is 5.20. The molecule has 0 aromatic heterocycles. The van der Waals surface area contributed by atoms with Gasteiger partial charge < -0.3 is 0 Å². The first-order valence-electron chi connectivity index (χ1n) is 10.1. The third-order valence-corrected chi connectivity index (χ3v) is 7.83. The van der Waals surface area contributed by atoms with Gasteiger partial charge in [0.2, 0.25) is 0 Å². The minimum absolute atomic E-state index is 0.0658. The molecule has 4 aliphatic carbocycles. The third kappa shape index (κ3) is 2.36. The van der Waals surface area contributed by atoms with E-state index in [-0.39, 0.29) is 22.5 Å². The number of rotatable bonds is 3. The molecule has 5 atom stereocenters. The van der Waals surface area contributed by atoms with Crippen LogP contribution in [0.1, 0.15) is 65.7 Å². The van der Waals surface area contributed by atoms with E-state index in [1.54, 1.807) is 6.08 Å². The molecule has 0 N–H and O–H groups in total. The van der Waals surface area contributed by atoms with Crippen molar-refractivity contribution in [1.29, 1.82) is 0 Å². The molecule has 2 saturated carbocycles. The van der Waals surface area contributed by atoms with Crippen LogP contribution in [0.2, 0.25) is 0 Å². The number of hydrogen-bond donors (Lipinski definition) is 0. The number of carbonyl (C=O) groups excluding carboxylic acids is 2. The lowest BCUT2D eigenvalue weighted by atomic mass is 9.52. The van der Waals surface area contributed by atoms with E-state index in [1.807, 2.05) is 6.08 Å². The van der Waals surface area contributed by atoms with Gasteiger partial charge in [-0.2, -0.15) is 0 Å². The van der Waals surface area contributed by atoms with E-state index in [2.05, 4.69) is 32.9 Å². The van der Waals surface area contributed by atoms with Crippen LogP contribution in [0.25, 0.3) is 0 Å². The lowest BCUT2D eigenvalue weighted by molar-refractivity contribution is -0.127. The van der Waals surface area contributed by atoms with Gasteiger partial charge in [0.05, 0.1) is 0 Å². The summed E-state index contributed by atoms with van der Waals surface area (Å²) in [7, 11) is 0. The van der Waals surface area contributed by atoms with E-state index in [9.17, 15) is 9.59 Å². The zero-order valence-corrected chi connectivity index (χ0v) is 15.8. The average Bonchev–Trinajstić information content (AvgIpc) is 2.93. The lowest BCUT2D eigenvalue weighted by Crippen LogP contribution is -2.44. The first-order valence-corrected chi connectivity index (χ1v) is 10.1. The summed E-state index contributed by atoms with van der Waals surface area (Å²) < 4.78 is 0. The lowest BCUT2D eigenvalue weighted by Gasteiger charge is -2.52. The average molecular weight is 338 g/mol. The highest BCUT2D eigenvalue weighted by molar-refractivity contribution is 6.01. The summed E-state index contributed by atoms with van der Waals surface area (Å²) >= 11 is 0. The largest absolute Gasteiger partial charge is 0.299 e. The molecule has 0 saturated heterocycles. The molecule has 2 fully saturated rings. The van der Waals surface area contributed by atoms with E-state index in [1.165, 1.54) is 17.6 Å². The van der Waals surface area contributed by atoms with Crippen molar-refractivity contribution in [3.63, 3.8) is 0 Å². The number of allylic oxidation sites excluding steroid dienone is 6. The van der Waals surface area contributed by atoms with E-state index < -0.39 is 0 Å². The van der Waals surface area contributed by atoms with E-state index >= 15 is 0 Å². The van der Waals surface area contributed by atoms with Crippen molar-refractivity contribution in [3.05, 3.63) is 35.5 Å². The number of hydrogen-bond acceptors (Lipinski definition) is 2. The molecule has 0 radical (unpaired) electrons. The van der Waals surface area contributed by atoms with E-state index in [0.29, 0.717) is 17.6 Å². The summed E-state index contributed by atoms with van der Waals surface area (Å²) in [5.74, 6) is 2.10. The Balaban J connectivity index is 1.69. The minimum Gasteiger partial charge on any atom is -0.299 e. The van der Waals surface area contributed by atoms with Crippen LogP contribution in [0.3, 0.4) is 0 Å². The van der Waals surface area contributed by atoms with Gasteiger partial charge in [-0.1, -0.05) is 37.1 Å². The van der Waals surface area contributed by atoms with Gasteiger partial charge in [-0.3, -0.25) is 9.59 Å². The van der Waals surface area contributed by atoms with Crippen LogP contribution >= 0.6 is 0 Å². The molecule has 2 heteroatoms. The number of fused-ring (bicyclic) bond motifs is 5. The van der Waals surface area contributed by atoms with Gasteiger partial charge in [-0.15, -0.1) is 0 Å². The summed E-state index contributed by atoms with van der Waals surface area (Å²) in [6.07, 6.45) is 15.4. The molecule has 0 heterocycles. The van der Waals surface area contributed by atoms with Crippen molar-refractivity contribution >= 4 is 11.6 Å². The Kier molecular flexibility index (Phi) is 3.94. The van der Waals surface area contributed by atoms with Gasteiger partial charge in [-0.25, -0.2) is 0 Å². The maximum Gasteiger partial charge on any atom is 0.178 e. The van der Waals surface area contributed by atoms with Crippen LogP contribution in [0.5, 0.6) is 0 Å². The Hall–Kier alpha value is -1.44. The minimum atomic E-state index is -0.0658. The van der Waals surface area contributed by atoms with Crippen LogP contribution in [-0.4, -0.2) is 11.6 Å². The molecule has 0 unspecified atom stereocenters. The first kappa shape index (κ1) is 17.0. The summed E-state index contributed by atoms with van der Waals surface area (Å²) in [5.41, 5.74) is 2.90. The predicted molar refractivity (Wildman–Crippen MR) is 100.0 cm³/mol. The van der Waals surface area contributed by atoms with Crippen LogP contribution in [0.15, 0.2) is 35.5 Å². The molecule has 2 nitrogen and oxygen atoms in total. The van der Waals surface area contributed by atoms with Gasteiger partial charge in [0.25, 0.3) is 0 Å². The smallest absolute Gasteiger partial charge is 0.178 e. The normalized spacial score (nSPS) is 42.2. The first-order chi connectivity index (χ1) is 11.9. The van der Waals surface area contributed by atoms with Crippen LogP contribution in [-0.2, 0) is 9.59 Å². The summed E-state index contributed by atoms with van der Waals surface area (Å²) in [6.45, 7) is 6.78. The SMILES string of the molecule is CCCC(=O)[C@H]1CC[C@H]2[C@@H]3CCC4=CC(=O)C=C[C@]4(C)C3=CC[C@]12C. The Morgan fingerprint density at radius 1 is 1.24 bits per heavy atom. The highest BCUT2D eigenvalue weighted by Crippen LogP contribution is 2.64. The second kappa shape index (κ2) is 5.79. The molecule has 4 aliphatic rings. The quantitative estimate of drug-likeness (QED) is 0.663. The third-order valence-electron chi connectivity index (χ3n) is 7.83. The van der Waals surface area contributed by atoms with E-state index in [4.69, 9.17) is 0 Å². The topological polar surface area (TPSA) is 34.1 Å². The fourth-order valence-corrected chi connectivity index (χ4v) is 6.47. The number of carbonyl (C=O) groups is 2. The van der Waals surface area contributed by atoms with Crippen LogP contribution in [0.4, 0.5) is 0 Å². The maximum absolute atomic E-state index is 12.7. The zero-order chi connectivity index (χ0) is 17.8. The molecular weight excluding hydrogens is 308 g/mol. The Morgan fingerprint density at radius 2 is 2.04 bits per heavy atom. The Morgan fingerprint density at radius 3 is 2.80 bits per heavy atom. The molecule has 134 valence electrons. The van der Waals surface area contributed by atoms with Crippen molar-refractivity contribution in [2.45, 2.75) is 65.7 Å². The fraction of sp³-hybridized carbons (Fsp3) is 0.652. The van der Waals surface area contributed by atoms with Crippen molar-refractivity contribution < 1.29 is 9.59 Å². The molecule has 0 spiro atoms. The monoisotopic (exact) mass is 338 g/mol. The van der Waals surface area contributed by atoms with Crippen molar-refractivity contribution in [2.24, 2.45) is 28.6 Å². The standard InChI is InChI=1S/C23H30O2/c1-4-5-21(25)20-9-8-18-17-7-6-15-14-16(24)10-12-22(15,2)19(17)11-13-23(18,20)3/h10-12,14,17-18,20H,4-9,13H2,1-3H3/t17-,18-,20+,22-,23-/m0/s1. The molecular formula is C23H30O2. The van der Waals surface area contributed by atoms with Crippen LogP contribution < -0.4 is 0 Å². The second-order valence-corrected chi connectivity index (χ2v) is 9.07. The Labute approximate surface area is 151 Å². The number of ketones is 2. The summed E-state index contributed by atoms with van der Waals surface area (Å²) in [6, 6.07) is 0. The molecule has 0 aromatic carbocycles. The second-order valence-electron chi connectivity index (χ2n) is 9.07. The molecule has 0 bridgehead atoms. The van der Waals surface area contributed by atoms with Crippen molar-refractivity contribution in [3.8, 4) is 0 Å². The maximum atomic E-state index is 12.7. The summed E-state index contributed by atoms with van der Waals surface area (Å²) in [5, 5.41) is 0. The fourth-order valence-electron chi connectivity index (χ4n) is 6.47. The number of Topliss-reactive ketones (excluding diaryl/α,β-unsaturated/α-hetero) is 1. The molecule has 0 aliphatic heterocycles. The zero-order valence-electron chi connectivity index (χ0n) is 15.8. The summed E-state index contributed by atoms with van der Waals surface area (Å²) in [4.78, 5) is 24.5. The Bertz CT molecular complexity index is 710. The molecule has 4 rings (SSSR count). The molecule has 0 amide bonds. The highest BCUT2D eigenvalue weighted by Gasteiger charge is 2.56. The van der Waals surface area contributed by atoms with Crippen molar-refractivity contribution in [2.75, 3.05) is 0 Å². The molecule has 0 aromatic rings. The highest BCUT2D eigenvalue weighted by atomic mass is 16.1. The van der Waals surface area contributed by atoms with Gasteiger partial charge in [0.15, 0.2) is 5.78 Å². The van der Waals surface area contributed by atoms with Crippen molar-refractivity contribution in [1.82, 2.24) is 0 Å².